The molecule has 0 aromatic rings. The molecular formula is C50H96N2O4. The van der Waals surface area contributed by atoms with Crippen LogP contribution >= 0.6 is 0 Å². The molecule has 0 aliphatic heterocycles. The number of ether oxygens (including phenoxy) is 2. The Morgan fingerprint density at radius 3 is 1.73 bits per heavy atom. The number of hydrogen-bond donors (Lipinski definition) is 1. The lowest BCUT2D eigenvalue weighted by Gasteiger charge is -2.44. The monoisotopic (exact) mass is 789 g/mol. The Kier molecular flexibility index (Phi) is 29.6. The van der Waals surface area contributed by atoms with Gasteiger partial charge in [0, 0.05) is 29.7 Å². The molecule has 0 aromatic carbocycles. The van der Waals surface area contributed by atoms with E-state index in [1.165, 1.54) is 122 Å². The van der Waals surface area contributed by atoms with Gasteiger partial charge in [-0.15, -0.1) is 0 Å². The van der Waals surface area contributed by atoms with Crippen molar-refractivity contribution in [1.82, 2.24) is 4.90 Å². The minimum absolute atomic E-state index is 0.0871. The molecule has 1 fully saturated rings. The summed E-state index contributed by atoms with van der Waals surface area (Å²) in [5, 5.41) is 0. The Hall–Kier alpha value is -1.40. The maximum absolute atomic E-state index is 14.1. The van der Waals surface area contributed by atoms with Gasteiger partial charge in [0.25, 0.3) is 0 Å². The summed E-state index contributed by atoms with van der Waals surface area (Å²) in [6.07, 6.45) is 36.4. The van der Waals surface area contributed by atoms with Crippen LogP contribution < -0.4 is 5.73 Å². The Bertz CT molecular complexity index is 991. The average Bonchev–Trinajstić information content (AvgIpc) is 3.50. The van der Waals surface area contributed by atoms with E-state index >= 15 is 0 Å². The van der Waals surface area contributed by atoms with Crippen molar-refractivity contribution in [2.24, 2.45) is 28.9 Å². The molecule has 0 aromatic heterocycles. The third-order valence-corrected chi connectivity index (χ3v) is 13.0. The van der Waals surface area contributed by atoms with Crippen LogP contribution in [0.15, 0.2) is 12.2 Å². The minimum atomic E-state index is -0.325. The maximum atomic E-state index is 14.1. The highest BCUT2D eigenvalue weighted by Crippen LogP contribution is 2.43. The van der Waals surface area contributed by atoms with Crippen molar-refractivity contribution in [3.05, 3.63) is 12.2 Å². The van der Waals surface area contributed by atoms with E-state index in [0.717, 1.165) is 57.9 Å². The van der Waals surface area contributed by atoms with Gasteiger partial charge in [0.2, 0.25) is 0 Å². The summed E-state index contributed by atoms with van der Waals surface area (Å²) in [6, 6.07) is 0. The number of carbonyl (C=O) groups is 2. The van der Waals surface area contributed by atoms with Crippen LogP contribution in [0.5, 0.6) is 0 Å². The number of hydrogen-bond acceptors (Lipinski definition) is 6. The van der Waals surface area contributed by atoms with Crippen LogP contribution in [0, 0.1) is 23.2 Å². The fourth-order valence-electron chi connectivity index (χ4n) is 9.57. The fraction of sp³-hybridized carbons (Fsp3) is 0.920. The zero-order chi connectivity index (χ0) is 41.7. The molecule has 5 unspecified atom stereocenters. The topological polar surface area (TPSA) is 81.9 Å². The van der Waals surface area contributed by atoms with E-state index in [0.29, 0.717) is 18.8 Å². The molecule has 6 nitrogen and oxygen atoms in total. The van der Waals surface area contributed by atoms with E-state index in [2.05, 4.69) is 65.5 Å². The predicted octanol–water partition coefficient (Wildman–Crippen LogP) is 13.9. The number of esters is 2. The van der Waals surface area contributed by atoms with Crippen molar-refractivity contribution in [1.29, 1.82) is 0 Å². The van der Waals surface area contributed by atoms with Crippen molar-refractivity contribution in [3.8, 4) is 0 Å². The lowest BCUT2D eigenvalue weighted by molar-refractivity contribution is -0.159. The molecule has 5 atom stereocenters. The molecule has 0 saturated heterocycles. The predicted molar refractivity (Wildman–Crippen MR) is 241 cm³/mol. The molecule has 0 spiro atoms. The van der Waals surface area contributed by atoms with Gasteiger partial charge in [0.1, 0.15) is 12.2 Å². The smallest absolute Gasteiger partial charge is 0.306 e. The van der Waals surface area contributed by atoms with Crippen LogP contribution in [-0.4, -0.2) is 55.2 Å². The molecule has 0 radical (unpaired) electrons. The second kappa shape index (κ2) is 31.5. The number of unbranched alkanes of at least 4 members (excludes halogenated alkanes) is 15. The van der Waals surface area contributed by atoms with Crippen molar-refractivity contribution < 1.29 is 19.1 Å². The fourth-order valence-corrected chi connectivity index (χ4v) is 9.57. The summed E-state index contributed by atoms with van der Waals surface area (Å²) in [5.74, 6) is 0.574. The zero-order valence-electron chi connectivity index (χ0n) is 38.9. The lowest BCUT2D eigenvalue weighted by atomic mass is 9.67. The standard InChI is InChI=1S/C50H96N2O4/c1-10-14-18-21-24-28-32-43(33-29-25-22-19-15-11-2)50(7,51)41-49(5,6)46(35-30-26-23-20-16-12-3)56-48(54)40-42-37-38-45(44(42)34-27-17-13-4)55-47(53)36-31-39-52(8)9/h17,27,42-46H,10-16,18-26,28-41,51H2,1-9H3/b27-17-. The van der Waals surface area contributed by atoms with Gasteiger partial charge < -0.3 is 20.1 Å². The van der Waals surface area contributed by atoms with E-state index in [9.17, 15) is 9.59 Å². The average molecular weight is 789 g/mol. The molecule has 56 heavy (non-hydrogen) atoms. The summed E-state index contributed by atoms with van der Waals surface area (Å²) in [6.45, 7) is 16.8. The van der Waals surface area contributed by atoms with Crippen molar-refractivity contribution in [2.45, 2.75) is 252 Å². The third kappa shape index (κ3) is 23.9. The first kappa shape index (κ1) is 52.6. The molecule has 0 amide bonds. The number of nitrogens with zero attached hydrogens (tertiary/aromatic N) is 1. The van der Waals surface area contributed by atoms with Gasteiger partial charge in [0.15, 0.2) is 0 Å². The van der Waals surface area contributed by atoms with E-state index in [4.69, 9.17) is 15.2 Å². The van der Waals surface area contributed by atoms with Crippen LogP contribution in [0.25, 0.3) is 0 Å². The molecule has 2 N–H and O–H groups in total. The number of carbonyl (C=O) groups excluding carboxylic acids is 2. The molecule has 330 valence electrons. The summed E-state index contributed by atoms with van der Waals surface area (Å²) in [4.78, 5) is 29.0. The van der Waals surface area contributed by atoms with E-state index < -0.39 is 0 Å². The molecule has 1 aliphatic carbocycles. The van der Waals surface area contributed by atoms with Crippen molar-refractivity contribution in [2.75, 3.05) is 20.6 Å². The Balaban J connectivity index is 3.13. The summed E-state index contributed by atoms with van der Waals surface area (Å²) >= 11 is 0. The minimum Gasteiger partial charge on any atom is -0.462 e. The Morgan fingerprint density at radius 2 is 1.21 bits per heavy atom. The second-order valence-corrected chi connectivity index (χ2v) is 19.3. The highest BCUT2D eigenvalue weighted by Gasteiger charge is 2.43. The van der Waals surface area contributed by atoms with Crippen LogP contribution in [-0.2, 0) is 19.1 Å². The van der Waals surface area contributed by atoms with Gasteiger partial charge in [-0.25, -0.2) is 0 Å². The van der Waals surface area contributed by atoms with Gasteiger partial charge >= 0.3 is 11.9 Å². The van der Waals surface area contributed by atoms with E-state index in [1.807, 2.05) is 14.1 Å². The van der Waals surface area contributed by atoms with E-state index in [-0.39, 0.29) is 46.9 Å². The third-order valence-electron chi connectivity index (χ3n) is 13.0. The van der Waals surface area contributed by atoms with Crippen LogP contribution in [0.2, 0.25) is 0 Å². The van der Waals surface area contributed by atoms with Crippen molar-refractivity contribution in [3.63, 3.8) is 0 Å². The summed E-state index contributed by atoms with van der Waals surface area (Å²) in [5.41, 5.74) is 6.90. The van der Waals surface area contributed by atoms with Crippen molar-refractivity contribution >= 4 is 11.9 Å². The first-order chi connectivity index (χ1) is 26.8. The van der Waals surface area contributed by atoms with Gasteiger partial charge in [0.05, 0.1) is 0 Å². The van der Waals surface area contributed by atoms with Crippen LogP contribution in [0.3, 0.4) is 0 Å². The van der Waals surface area contributed by atoms with E-state index in [1.54, 1.807) is 0 Å². The normalized spacial score (nSPS) is 19.2. The molecule has 0 bridgehead atoms. The first-order valence-electron chi connectivity index (χ1n) is 24.3. The quantitative estimate of drug-likeness (QED) is 0.0387. The molecule has 6 heteroatoms. The number of rotatable bonds is 36. The summed E-state index contributed by atoms with van der Waals surface area (Å²) in [7, 11) is 4.06. The first-order valence-corrected chi connectivity index (χ1v) is 24.3. The number of allylic oxidation sites excluding steroid dienone is 2. The molecule has 1 rings (SSSR count). The highest BCUT2D eigenvalue weighted by molar-refractivity contribution is 5.70. The Morgan fingerprint density at radius 1 is 0.696 bits per heavy atom. The SMILES string of the molecule is CC/C=C\CC1C(CC(=O)OC(CCCCCCCC)C(C)(C)CC(C)(N)C(CCCCCCCC)CCCCCCCC)CCC1OC(=O)CCCN(C)C. The van der Waals surface area contributed by atoms with Gasteiger partial charge in [-0.3, -0.25) is 9.59 Å². The van der Waals surface area contributed by atoms with Crippen LogP contribution in [0.1, 0.15) is 235 Å². The molecular weight excluding hydrogens is 693 g/mol. The highest BCUT2D eigenvalue weighted by atomic mass is 16.5. The molecule has 1 aliphatic rings. The van der Waals surface area contributed by atoms with Gasteiger partial charge in [-0.1, -0.05) is 163 Å². The molecule has 1 saturated carbocycles. The number of nitrogens with two attached hydrogens (primary N) is 1. The van der Waals surface area contributed by atoms with Gasteiger partial charge in [-0.2, -0.15) is 0 Å². The van der Waals surface area contributed by atoms with Crippen LogP contribution in [0.4, 0.5) is 0 Å². The zero-order valence-corrected chi connectivity index (χ0v) is 38.9. The summed E-state index contributed by atoms with van der Waals surface area (Å²) < 4.78 is 12.7. The second-order valence-electron chi connectivity index (χ2n) is 19.3. The van der Waals surface area contributed by atoms with Gasteiger partial charge in [-0.05, 0) is 104 Å². The molecule has 0 heterocycles. The maximum Gasteiger partial charge on any atom is 0.306 e. The largest absolute Gasteiger partial charge is 0.462 e. The Labute approximate surface area is 349 Å². The lowest BCUT2D eigenvalue weighted by Crippen LogP contribution is -2.50.